The van der Waals surface area contributed by atoms with E-state index >= 15 is 0 Å². The molecule has 0 radical (unpaired) electrons. The number of ether oxygens (including phenoxy) is 1. The fourth-order valence-electron chi connectivity index (χ4n) is 4.95. The van der Waals surface area contributed by atoms with E-state index in [9.17, 15) is 18.8 Å². The van der Waals surface area contributed by atoms with Crippen molar-refractivity contribution in [2.45, 2.75) is 46.1 Å². The summed E-state index contributed by atoms with van der Waals surface area (Å²) in [4.78, 5) is 24.4. The number of hydrogen-bond acceptors (Lipinski definition) is 8. The Morgan fingerprint density at radius 2 is 2.05 bits per heavy atom. The molecule has 1 atom stereocenters. The number of anilines is 2. The van der Waals surface area contributed by atoms with Crippen molar-refractivity contribution in [3.63, 3.8) is 0 Å². The molecule has 1 N–H and O–H groups in total. The summed E-state index contributed by atoms with van der Waals surface area (Å²) in [5, 5.41) is 10.8. The van der Waals surface area contributed by atoms with Gasteiger partial charge in [-0.15, -0.1) is 0 Å². The lowest BCUT2D eigenvalue weighted by Gasteiger charge is -2.30. The molecule has 2 aromatic heterocycles. The topological polar surface area (TPSA) is 94.4 Å². The molecule has 2 aliphatic rings. The predicted molar refractivity (Wildman–Crippen MR) is 151 cm³/mol. The number of fused-ring (bicyclic) bond motifs is 1. The largest absolute Gasteiger partial charge is 0.461 e. The molecule has 40 heavy (non-hydrogen) atoms. The SMILES string of the molecule is C=C/C(=C\C(=C)C(F)F)N1NC(C(C)C)c2c(-c3ccc(N4CCC(C#N)CC4)nc3)cc(C(=O)OCC)nc21. The van der Waals surface area contributed by atoms with Crippen molar-refractivity contribution < 1.29 is 18.3 Å². The maximum absolute atomic E-state index is 13.3. The number of nitrogens with one attached hydrogen (secondary N) is 1. The molecule has 1 unspecified atom stereocenters. The molecular weight excluding hydrogens is 514 g/mol. The van der Waals surface area contributed by atoms with Crippen LogP contribution in [-0.4, -0.2) is 42.1 Å². The van der Waals surface area contributed by atoms with Crippen molar-refractivity contribution in [3.8, 4) is 17.2 Å². The quantitative estimate of drug-likeness (QED) is 0.302. The number of hydrogen-bond donors (Lipinski definition) is 1. The number of rotatable bonds is 9. The van der Waals surface area contributed by atoms with Crippen LogP contribution in [0.25, 0.3) is 11.1 Å². The van der Waals surface area contributed by atoms with Gasteiger partial charge >= 0.3 is 5.97 Å². The molecule has 0 amide bonds. The Hall–Kier alpha value is -4.10. The summed E-state index contributed by atoms with van der Waals surface area (Å²) >= 11 is 0. The van der Waals surface area contributed by atoms with Gasteiger partial charge in [0.1, 0.15) is 5.82 Å². The summed E-state index contributed by atoms with van der Waals surface area (Å²) in [5.41, 5.74) is 5.73. The van der Waals surface area contributed by atoms with Crippen LogP contribution in [0.15, 0.2) is 61.0 Å². The minimum atomic E-state index is -2.73. The van der Waals surface area contributed by atoms with Crippen LogP contribution in [-0.2, 0) is 4.74 Å². The molecule has 8 nitrogen and oxygen atoms in total. The molecular formula is C30H34F2N6O2. The zero-order valence-electron chi connectivity index (χ0n) is 23.0. The Balaban J connectivity index is 1.82. The number of allylic oxidation sites excluding steroid dienone is 3. The van der Waals surface area contributed by atoms with Crippen LogP contribution in [0.3, 0.4) is 0 Å². The fourth-order valence-corrected chi connectivity index (χ4v) is 4.95. The lowest BCUT2D eigenvalue weighted by molar-refractivity contribution is 0.0519. The number of piperidine rings is 1. The molecule has 210 valence electrons. The average molecular weight is 549 g/mol. The second-order valence-electron chi connectivity index (χ2n) is 10.1. The van der Waals surface area contributed by atoms with E-state index < -0.39 is 12.4 Å². The molecule has 0 aromatic carbocycles. The van der Waals surface area contributed by atoms with E-state index in [1.54, 1.807) is 24.2 Å². The first-order chi connectivity index (χ1) is 19.2. The monoisotopic (exact) mass is 548 g/mol. The summed E-state index contributed by atoms with van der Waals surface area (Å²) in [6, 6.07) is 7.68. The molecule has 4 rings (SSSR count). The lowest BCUT2D eigenvalue weighted by Crippen LogP contribution is -2.35. The third-order valence-electron chi connectivity index (χ3n) is 7.12. The predicted octanol–water partition coefficient (Wildman–Crippen LogP) is 5.97. The Labute approximate surface area is 233 Å². The normalized spacial score (nSPS) is 17.6. The van der Waals surface area contributed by atoms with E-state index in [1.807, 2.05) is 26.0 Å². The number of carbonyl (C=O) groups excluding carboxylic acids is 1. The second kappa shape index (κ2) is 12.4. The van der Waals surface area contributed by atoms with Gasteiger partial charge < -0.3 is 9.64 Å². The number of nitriles is 1. The Kier molecular flexibility index (Phi) is 8.95. The standard InChI is InChI=1S/C30H34F2N6O2/c1-6-22(14-19(5)28(31)32)38-29-26(27(36-38)18(3)4)23(15-24(35-29)30(39)40-7-2)21-8-9-25(34-17-21)37-12-10-20(16-33)11-13-37/h6,8-9,14-15,17-18,20,27-28,36H,1,5,7,10-13H2,2-4H3/b22-14+. The first kappa shape index (κ1) is 28.9. The van der Waals surface area contributed by atoms with E-state index in [1.165, 1.54) is 12.2 Å². The van der Waals surface area contributed by atoms with Gasteiger partial charge in [-0.1, -0.05) is 27.0 Å². The fraction of sp³-hybridized carbons (Fsp3) is 0.400. The third-order valence-corrected chi connectivity index (χ3v) is 7.12. The number of nitrogens with zero attached hydrogens (tertiary/aromatic N) is 5. The van der Waals surface area contributed by atoms with E-state index in [-0.39, 0.29) is 35.8 Å². The highest BCUT2D eigenvalue weighted by Crippen LogP contribution is 2.44. The third kappa shape index (κ3) is 5.89. The number of esters is 1. The number of hydrazine groups is 1. The van der Waals surface area contributed by atoms with E-state index in [4.69, 9.17) is 9.72 Å². The first-order valence-corrected chi connectivity index (χ1v) is 13.4. The van der Waals surface area contributed by atoms with Crippen LogP contribution >= 0.6 is 0 Å². The van der Waals surface area contributed by atoms with Crippen LogP contribution in [0.5, 0.6) is 0 Å². The van der Waals surface area contributed by atoms with Gasteiger partial charge in [0, 0.05) is 41.9 Å². The van der Waals surface area contributed by atoms with Crippen molar-refractivity contribution >= 4 is 17.6 Å². The second-order valence-corrected chi connectivity index (χ2v) is 10.1. The van der Waals surface area contributed by atoms with Gasteiger partial charge in [-0.25, -0.2) is 29.0 Å². The van der Waals surface area contributed by atoms with Crippen molar-refractivity contribution in [3.05, 3.63) is 72.2 Å². The maximum atomic E-state index is 13.3. The highest BCUT2D eigenvalue weighted by atomic mass is 19.3. The number of aromatic nitrogens is 2. The Bertz CT molecular complexity index is 1340. The molecule has 1 fully saturated rings. The van der Waals surface area contributed by atoms with Crippen LogP contribution in [0.2, 0.25) is 0 Å². The van der Waals surface area contributed by atoms with Crippen molar-refractivity contribution in [1.82, 2.24) is 15.4 Å². The van der Waals surface area contributed by atoms with E-state index in [0.717, 1.165) is 48.4 Å². The van der Waals surface area contributed by atoms with Gasteiger partial charge in [0.25, 0.3) is 6.43 Å². The highest BCUT2D eigenvalue weighted by Gasteiger charge is 2.37. The summed E-state index contributed by atoms with van der Waals surface area (Å²) in [6.45, 7) is 14.8. The smallest absolute Gasteiger partial charge is 0.357 e. The van der Waals surface area contributed by atoms with Gasteiger partial charge in [-0.2, -0.15) is 5.26 Å². The Morgan fingerprint density at radius 1 is 1.32 bits per heavy atom. The van der Waals surface area contributed by atoms with Gasteiger partial charge in [-0.05, 0) is 61.6 Å². The zero-order valence-corrected chi connectivity index (χ0v) is 23.0. The molecule has 0 aliphatic carbocycles. The average Bonchev–Trinajstić information content (AvgIpc) is 3.35. The molecule has 0 spiro atoms. The van der Waals surface area contributed by atoms with Gasteiger partial charge in [0.15, 0.2) is 11.5 Å². The van der Waals surface area contributed by atoms with Crippen LogP contribution < -0.4 is 15.3 Å². The van der Waals surface area contributed by atoms with Crippen LogP contribution in [0, 0.1) is 23.2 Å². The number of carbonyl (C=O) groups is 1. The summed E-state index contributed by atoms with van der Waals surface area (Å²) < 4.78 is 31.9. The zero-order chi connectivity index (χ0) is 29.0. The minimum absolute atomic E-state index is 0.0759. The molecule has 2 aliphatic heterocycles. The Morgan fingerprint density at radius 3 is 2.60 bits per heavy atom. The minimum Gasteiger partial charge on any atom is -0.461 e. The van der Waals surface area contributed by atoms with Crippen LogP contribution in [0.1, 0.15) is 55.7 Å². The first-order valence-electron chi connectivity index (χ1n) is 13.4. The lowest BCUT2D eigenvalue weighted by atomic mass is 9.91. The van der Waals surface area contributed by atoms with Gasteiger partial charge in [0.2, 0.25) is 0 Å². The summed E-state index contributed by atoms with van der Waals surface area (Å²) in [7, 11) is 0. The summed E-state index contributed by atoms with van der Waals surface area (Å²) in [5.74, 6) is 0.780. The molecule has 2 aromatic rings. The highest BCUT2D eigenvalue weighted by molar-refractivity contribution is 5.91. The molecule has 1 saturated heterocycles. The van der Waals surface area contributed by atoms with Gasteiger partial charge in [0.05, 0.1) is 24.4 Å². The molecule has 4 heterocycles. The number of pyridine rings is 2. The molecule has 0 bridgehead atoms. The van der Waals surface area contributed by atoms with Crippen molar-refractivity contribution in [2.75, 3.05) is 29.6 Å². The maximum Gasteiger partial charge on any atom is 0.357 e. The van der Waals surface area contributed by atoms with Crippen molar-refractivity contribution in [2.24, 2.45) is 11.8 Å². The van der Waals surface area contributed by atoms with Crippen LogP contribution in [0.4, 0.5) is 20.4 Å². The van der Waals surface area contributed by atoms with E-state index in [0.29, 0.717) is 11.5 Å². The van der Waals surface area contributed by atoms with Gasteiger partial charge in [-0.3, -0.25) is 5.01 Å². The van der Waals surface area contributed by atoms with Crippen molar-refractivity contribution in [1.29, 1.82) is 5.26 Å². The van der Waals surface area contributed by atoms with E-state index in [2.05, 4.69) is 34.5 Å². The summed E-state index contributed by atoms with van der Waals surface area (Å²) in [6.07, 6.45) is 3.32. The molecule has 10 heteroatoms. The number of halogens is 2. The number of alkyl halides is 2. The molecule has 0 saturated carbocycles.